The average molecular weight is 201 g/mol. The molecule has 0 heterocycles. The van der Waals surface area contributed by atoms with Crippen LogP contribution in [0, 0.1) is 11.8 Å². The Bertz CT molecular complexity index is 371. The minimum atomic E-state index is 0.437. The molecular weight excluding hydrogens is 186 g/mol. The topological polar surface area (TPSA) is 32.6 Å². The zero-order chi connectivity index (χ0) is 10.9. The molecule has 0 radical (unpaired) electrons. The van der Waals surface area contributed by atoms with Crippen molar-refractivity contribution >= 4 is 5.71 Å². The lowest BCUT2D eigenvalue weighted by atomic mass is 10.1. The highest BCUT2D eigenvalue weighted by molar-refractivity contribution is 6.12. The van der Waals surface area contributed by atoms with Gasteiger partial charge in [0, 0.05) is 12.0 Å². The van der Waals surface area contributed by atoms with Crippen molar-refractivity contribution in [1.82, 2.24) is 0 Å². The summed E-state index contributed by atoms with van der Waals surface area (Å²) in [7, 11) is 0. The highest BCUT2D eigenvalue weighted by Gasteiger charge is 1.97. The van der Waals surface area contributed by atoms with E-state index in [1.54, 1.807) is 0 Å². The van der Waals surface area contributed by atoms with E-state index in [-0.39, 0.29) is 0 Å². The molecule has 0 aliphatic heterocycles. The van der Waals surface area contributed by atoms with E-state index < -0.39 is 0 Å². The number of oxime groups is 1. The Balaban J connectivity index is 2.69. The van der Waals surface area contributed by atoms with Gasteiger partial charge in [-0.1, -0.05) is 54.8 Å². The van der Waals surface area contributed by atoms with Crippen LogP contribution in [0.3, 0.4) is 0 Å². The summed E-state index contributed by atoms with van der Waals surface area (Å²) in [6, 6.07) is 9.47. The summed E-state index contributed by atoms with van der Waals surface area (Å²) in [5, 5.41) is 12.0. The first-order valence-corrected chi connectivity index (χ1v) is 5.14. The molecule has 1 aromatic rings. The van der Waals surface area contributed by atoms with E-state index in [0.717, 1.165) is 24.8 Å². The summed E-state index contributed by atoms with van der Waals surface area (Å²) in [4.78, 5) is 0. The highest BCUT2D eigenvalue weighted by Crippen LogP contribution is 2.00. The Morgan fingerprint density at radius 3 is 2.67 bits per heavy atom. The molecule has 1 N–H and O–H groups in total. The maximum atomic E-state index is 8.82. The van der Waals surface area contributed by atoms with Gasteiger partial charge in [-0.15, -0.1) is 0 Å². The van der Waals surface area contributed by atoms with Crippen molar-refractivity contribution in [2.45, 2.75) is 26.2 Å². The first-order valence-electron chi connectivity index (χ1n) is 5.14. The third-order valence-electron chi connectivity index (χ3n) is 2.01. The van der Waals surface area contributed by atoms with Crippen molar-refractivity contribution < 1.29 is 5.21 Å². The van der Waals surface area contributed by atoms with Crippen LogP contribution in [0.1, 0.15) is 31.7 Å². The van der Waals surface area contributed by atoms with Crippen LogP contribution < -0.4 is 0 Å². The van der Waals surface area contributed by atoms with E-state index in [1.165, 1.54) is 0 Å². The zero-order valence-corrected chi connectivity index (χ0v) is 8.90. The van der Waals surface area contributed by atoms with Crippen LogP contribution >= 0.6 is 0 Å². The SMILES string of the molecule is CCCCC#CC(=NO)c1ccccc1. The van der Waals surface area contributed by atoms with Crippen LogP contribution in [-0.2, 0) is 0 Å². The lowest BCUT2D eigenvalue weighted by molar-refractivity contribution is 0.320. The van der Waals surface area contributed by atoms with Crippen LogP contribution in [0.4, 0.5) is 0 Å². The number of unbranched alkanes of at least 4 members (excludes halogenated alkanes) is 2. The van der Waals surface area contributed by atoms with Gasteiger partial charge in [-0.05, 0) is 12.3 Å². The summed E-state index contributed by atoms with van der Waals surface area (Å²) >= 11 is 0. The molecule has 0 aromatic heterocycles. The van der Waals surface area contributed by atoms with Crippen LogP contribution in [0.15, 0.2) is 35.5 Å². The van der Waals surface area contributed by atoms with E-state index in [1.807, 2.05) is 30.3 Å². The van der Waals surface area contributed by atoms with Gasteiger partial charge >= 0.3 is 0 Å². The lowest BCUT2D eigenvalue weighted by Gasteiger charge is -1.94. The molecule has 2 nitrogen and oxygen atoms in total. The van der Waals surface area contributed by atoms with Crippen molar-refractivity contribution in [3.05, 3.63) is 35.9 Å². The molecular formula is C13H15NO. The molecule has 1 aromatic carbocycles. The second kappa shape index (κ2) is 6.67. The van der Waals surface area contributed by atoms with Crippen molar-refractivity contribution in [3.63, 3.8) is 0 Å². The minimum Gasteiger partial charge on any atom is -0.410 e. The summed E-state index contributed by atoms with van der Waals surface area (Å²) < 4.78 is 0. The van der Waals surface area contributed by atoms with Gasteiger partial charge in [0.1, 0.15) is 0 Å². The monoisotopic (exact) mass is 201 g/mol. The van der Waals surface area contributed by atoms with E-state index >= 15 is 0 Å². The molecule has 0 saturated carbocycles. The number of hydrogen-bond donors (Lipinski definition) is 1. The molecule has 0 amide bonds. The van der Waals surface area contributed by atoms with E-state index in [0.29, 0.717) is 5.71 Å². The van der Waals surface area contributed by atoms with Crippen LogP contribution in [0.2, 0.25) is 0 Å². The van der Waals surface area contributed by atoms with Gasteiger partial charge in [0.15, 0.2) is 5.71 Å². The Morgan fingerprint density at radius 1 is 1.33 bits per heavy atom. The number of nitrogens with zero attached hydrogens (tertiary/aromatic N) is 1. The van der Waals surface area contributed by atoms with Gasteiger partial charge in [-0.3, -0.25) is 0 Å². The van der Waals surface area contributed by atoms with Crippen LogP contribution in [0.5, 0.6) is 0 Å². The Kier molecular flexibility index (Phi) is 5.03. The predicted octanol–water partition coefficient (Wildman–Crippen LogP) is 3.06. The number of hydrogen-bond acceptors (Lipinski definition) is 2. The van der Waals surface area contributed by atoms with Gasteiger partial charge in [-0.25, -0.2) is 0 Å². The van der Waals surface area contributed by atoms with Crippen molar-refractivity contribution in [1.29, 1.82) is 0 Å². The molecule has 1 rings (SSSR count). The molecule has 0 unspecified atom stereocenters. The van der Waals surface area contributed by atoms with Gasteiger partial charge in [0.05, 0.1) is 0 Å². The second-order valence-corrected chi connectivity index (χ2v) is 3.22. The largest absolute Gasteiger partial charge is 0.410 e. The summed E-state index contributed by atoms with van der Waals surface area (Å²) in [5.41, 5.74) is 1.29. The molecule has 0 fully saturated rings. The van der Waals surface area contributed by atoms with Crippen molar-refractivity contribution in [2.24, 2.45) is 5.16 Å². The molecule has 2 heteroatoms. The third-order valence-corrected chi connectivity index (χ3v) is 2.01. The zero-order valence-electron chi connectivity index (χ0n) is 8.90. The third kappa shape index (κ3) is 3.86. The predicted molar refractivity (Wildman–Crippen MR) is 62.1 cm³/mol. The standard InChI is InChI=1S/C13H15NO/c1-2-3-4-8-11-13(14-15)12-9-6-5-7-10-12/h5-7,9-10,15H,2-4H2,1H3. The van der Waals surface area contributed by atoms with Crippen molar-refractivity contribution in [2.75, 3.05) is 0 Å². The second-order valence-electron chi connectivity index (χ2n) is 3.22. The number of rotatable bonds is 3. The maximum absolute atomic E-state index is 8.82. The first kappa shape index (κ1) is 11.3. The first-order chi connectivity index (χ1) is 7.38. The van der Waals surface area contributed by atoms with Gasteiger partial charge in [0.2, 0.25) is 0 Å². The fourth-order valence-electron chi connectivity index (χ4n) is 1.16. The Hall–Kier alpha value is -1.75. The van der Waals surface area contributed by atoms with E-state index in [9.17, 15) is 0 Å². The summed E-state index contributed by atoms with van der Waals surface area (Å²) in [6.07, 6.45) is 3.06. The quantitative estimate of drug-likeness (QED) is 0.263. The fraction of sp³-hybridized carbons (Fsp3) is 0.308. The molecule has 0 aliphatic rings. The van der Waals surface area contributed by atoms with Crippen molar-refractivity contribution in [3.8, 4) is 11.8 Å². The molecule has 0 bridgehead atoms. The smallest absolute Gasteiger partial charge is 0.159 e. The molecule has 0 saturated heterocycles. The van der Waals surface area contributed by atoms with Gasteiger partial charge in [-0.2, -0.15) is 0 Å². The molecule has 0 spiro atoms. The number of benzene rings is 1. The van der Waals surface area contributed by atoms with Crippen LogP contribution in [-0.4, -0.2) is 10.9 Å². The fourth-order valence-corrected chi connectivity index (χ4v) is 1.16. The van der Waals surface area contributed by atoms with Gasteiger partial charge in [0.25, 0.3) is 0 Å². The molecule has 0 aliphatic carbocycles. The Morgan fingerprint density at radius 2 is 2.07 bits per heavy atom. The van der Waals surface area contributed by atoms with Crippen LogP contribution in [0.25, 0.3) is 0 Å². The van der Waals surface area contributed by atoms with E-state index in [2.05, 4.69) is 23.9 Å². The molecule has 0 atom stereocenters. The normalized spacial score (nSPS) is 10.6. The van der Waals surface area contributed by atoms with E-state index in [4.69, 9.17) is 5.21 Å². The molecule has 78 valence electrons. The molecule has 15 heavy (non-hydrogen) atoms. The van der Waals surface area contributed by atoms with Gasteiger partial charge < -0.3 is 5.21 Å². The Labute approximate surface area is 90.6 Å². The highest BCUT2D eigenvalue weighted by atomic mass is 16.4. The summed E-state index contributed by atoms with van der Waals surface area (Å²) in [5.74, 6) is 5.87. The average Bonchev–Trinajstić information content (AvgIpc) is 2.30. The minimum absolute atomic E-state index is 0.437. The lowest BCUT2D eigenvalue weighted by Crippen LogP contribution is -1.96. The maximum Gasteiger partial charge on any atom is 0.159 e. The summed E-state index contributed by atoms with van der Waals surface area (Å²) in [6.45, 7) is 2.12.